The van der Waals surface area contributed by atoms with E-state index < -0.39 is 30.0 Å². The standard InChI is InChI=1S/C19H26ClFN2O4/c1-11-4-6-23(7-5-11)17-15(27-16(10-24)18(17)25)9-22-19(26)12-2-3-14(21)13(20)8-12/h2-3,8,11,15-18,24-25H,4-7,9-10H2,1H3,(H,22,26). The topological polar surface area (TPSA) is 82.0 Å². The fourth-order valence-corrected chi connectivity index (χ4v) is 4.04. The van der Waals surface area contributed by atoms with Gasteiger partial charge in [-0.1, -0.05) is 18.5 Å². The number of aliphatic hydroxyl groups is 2. The summed E-state index contributed by atoms with van der Waals surface area (Å²) in [5.74, 6) is -0.329. The van der Waals surface area contributed by atoms with Crippen molar-refractivity contribution in [2.75, 3.05) is 26.2 Å². The Bertz CT molecular complexity index is 669. The lowest BCUT2D eigenvalue weighted by molar-refractivity contribution is -0.0209. The summed E-state index contributed by atoms with van der Waals surface area (Å²) >= 11 is 5.73. The van der Waals surface area contributed by atoms with Crippen LogP contribution in [0.3, 0.4) is 0 Å². The maximum Gasteiger partial charge on any atom is 0.251 e. The highest BCUT2D eigenvalue weighted by Crippen LogP contribution is 2.29. The minimum absolute atomic E-state index is 0.115. The molecule has 0 saturated carbocycles. The molecule has 0 aromatic heterocycles. The van der Waals surface area contributed by atoms with E-state index in [1.54, 1.807) is 0 Å². The number of rotatable bonds is 5. The van der Waals surface area contributed by atoms with Gasteiger partial charge < -0.3 is 20.3 Å². The molecule has 2 saturated heterocycles. The molecular formula is C19H26ClFN2O4. The molecule has 0 radical (unpaired) electrons. The number of nitrogens with zero attached hydrogens (tertiary/aromatic N) is 1. The molecule has 1 aromatic rings. The van der Waals surface area contributed by atoms with Gasteiger partial charge in [-0.15, -0.1) is 0 Å². The third-order valence-corrected chi connectivity index (χ3v) is 5.82. The van der Waals surface area contributed by atoms with Gasteiger partial charge in [0.1, 0.15) is 18.0 Å². The number of amides is 1. The number of benzene rings is 1. The van der Waals surface area contributed by atoms with Crippen LogP contribution in [0.4, 0.5) is 4.39 Å². The summed E-state index contributed by atoms with van der Waals surface area (Å²) in [6, 6.07) is 3.50. The van der Waals surface area contributed by atoms with E-state index in [0.717, 1.165) is 32.0 Å². The van der Waals surface area contributed by atoms with E-state index in [1.165, 1.54) is 12.1 Å². The third kappa shape index (κ3) is 4.60. The summed E-state index contributed by atoms with van der Waals surface area (Å²) in [6.07, 6.45) is 0.160. The zero-order valence-electron chi connectivity index (χ0n) is 15.3. The number of carbonyl (C=O) groups excluding carboxylic acids is 1. The van der Waals surface area contributed by atoms with Gasteiger partial charge >= 0.3 is 0 Å². The van der Waals surface area contributed by atoms with Crippen molar-refractivity contribution in [2.45, 2.75) is 44.1 Å². The van der Waals surface area contributed by atoms with E-state index in [4.69, 9.17) is 16.3 Å². The van der Waals surface area contributed by atoms with Gasteiger partial charge in [0.05, 0.1) is 23.8 Å². The first-order chi connectivity index (χ1) is 12.9. The predicted octanol–water partition coefficient (Wildman–Crippen LogP) is 1.43. The lowest BCUT2D eigenvalue weighted by Crippen LogP contribution is -2.53. The monoisotopic (exact) mass is 400 g/mol. The predicted molar refractivity (Wildman–Crippen MR) is 99.3 cm³/mol. The van der Waals surface area contributed by atoms with Crippen molar-refractivity contribution < 1.29 is 24.1 Å². The van der Waals surface area contributed by atoms with Crippen molar-refractivity contribution in [3.63, 3.8) is 0 Å². The second-order valence-electron chi connectivity index (χ2n) is 7.43. The van der Waals surface area contributed by atoms with E-state index in [1.807, 2.05) is 0 Å². The van der Waals surface area contributed by atoms with Crippen LogP contribution in [0.2, 0.25) is 5.02 Å². The molecule has 0 spiro atoms. The van der Waals surface area contributed by atoms with E-state index in [-0.39, 0.29) is 29.8 Å². The Labute approximate surface area is 163 Å². The van der Waals surface area contributed by atoms with E-state index in [0.29, 0.717) is 5.92 Å². The SMILES string of the molecule is CC1CCN(C2C(CNC(=O)c3ccc(F)c(Cl)c3)OC(CO)C2O)CC1. The molecule has 4 atom stereocenters. The Hall–Kier alpha value is -1.25. The van der Waals surface area contributed by atoms with Gasteiger partial charge in [0.2, 0.25) is 0 Å². The van der Waals surface area contributed by atoms with Crippen LogP contribution in [-0.4, -0.2) is 71.6 Å². The van der Waals surface area contributed by atoms with Crippen LogP contribution in [0, 0.1) is 11.7 Å². The van der Waals surface area contributed by atoms with Crippen LogP contribution in [0.15, 0.2) is 18.2 Å². The summed E-state index contributed by atoms with van der Waals surface area (Å²) < 4.78 is 19.1. The fourth-order valence-electron chi connectivity index (χ4n) is 3.86. The number of hydrogen-bond acceptors (Lipinski definition) is 5. The van der Waals surface area contributed by atoms with Crippen LogP contribution in [0.1, 0.15) is 30.1 Å². The van der Waals surface area contributed by atoms with Crippen LogP contribution in [-0.2, 0) is 4.74 Å². The van der Waals surface area contributed by atoms with Gasteiger partial charge in [0.15, 0.2) is 0 Å². The zero-order chi connectivity index (χ0) is 19.6. The summed E-state index contributed by atoms with van der Waals surface area (Å²) in [4.78, 5) is 14.5. The Morgan fingerprint density at radius 3 is 2.70 bits per heavy atom. The lowest BCUT2D eigenvalue weighted by Gasteiger charge is -2.38. The molecule has 6 nitrogen and oxygen atoms in total. The highest BCUT2D eigenvalue weighted by molar-refractivity contribution is 6.31. The molecule has 4 unspecified atom stereocenters. The van der Waals surface area contributed by atoms with Crippen molar-refractivity contribution in [3.8, 4) is 0 Å². The van der Waals surface area contributed by atoms with Crippen LogP contribution >= 0.6 is 11.6 Å². The molecule has 2 heterocycles. The summed E-state index contributed by atoms with van der Waals surface area (Å²) in [7, 11) is 0. The Balaban J connectivity index is 1.65. The summed E-state index contributed by atoms with van der Waals surface area (Å²) in [5, 5.41) is 22.7. The Morgan fingerprint density at radius 2 is 2.07 bits per heavy atom. The Morgan fingerprint density at radius 1 is 1.37 bits per heavy atom. The number of aliphatic hydroxyl groups excluding tert-OH is 2. The van der Waals surface area contributed by atoms with Gasteiger partial charge in [-0.25, -0.2) is 4.39 Å². The highest BCUT2D eigenvalue weighted by Gasteiger charge is 2.46. The molecule has 2 aliphatic rings. The maximum absolute atomic E-state index is 13.3. The first-order valence-corrected chi connectivity index (χ1v) is 9.70. The molecule has 2 fully saturated rings. The van der Waals surface area contributed by atoms with Gasteiger partial charge in [-0.3, -0.25) is 9.69 Å². The minimum Gasteiger partial charge on any atom is -0.394 e. The molecule has 1 amide bonds. The van der Waals surface area contributed by atoms with Gasteiger partial charge in [0.25, 0.3) is 5.91 Å². The summed E-state index contributed by atoms with van der Waals surface area (Å²) in [5.41, 5.74) is 0.252. The third-order valence-electron chi connectivity index (χ3n) is 5.53. The minimum atomic E-state index is -0.814. The molecule has 8 heteroatoms. The smallest absolute Gasteiger partial charge is 0.251 e. The van der Waals surface area contributed by atoms with Crippen molar-refractivity contribution in [3.05, 3.63) is 34.6 Å². The molecule has 150 valence electrons. The Kier molecular flexibility index (Phi) is 6.70. The first kappa shape index (κ1) is 20.5. The van der Waals surface area contributed by atoms with Crippen LogP contribution < -0.4 is 5.32 Å². The second-order valence-corrected chi connectivity index (χ2v) is 7.84. The number of ether oxygens (including phenoxy) is 1. The van der Waals surface area contributed by atoms with Crippen molar-refractivity contribution in [2.24, 2.45) is 5.92 Å². The van der Waals surface area contributed by atoms with E-state index in [2.05, 4.69) is 17.1 Å². The maximum atomic E-state index is 13.3. The lowest BCUT2D eigenvalue weighted by atomic mass is 9.94. The molecule has 0 bridgehead atoms. The van der Waals surface area contributed by atoms with E-state index >= 15 is 0 Å². The number of carbonyl (C=O) groups is 1. The van der Waals surface area contributed by atoms with Gasteiger partial charge in [-0.2, -0.15) is 0 Å². The molecule has 2 aliphatic heterocycles. The number of hydrogen-bond donors (Lipinski definition) is 3. The molecule has 0 aliphatic carbocycles. The molecular weight excluding hydrogens is 375 g/mol. The fraction of sp³-hybridized carbons (Fsp3) is 0.632. The van der Waals surface area contributed by atoms with E-state index in [9.17, 15) is 19.4 Å². The van der Waals surface area contributed by atoms with Crippen LogP contribution in [0.5, 0.6) is 0 Å². The average Bonchev–Trinajstić information content (AvgIpc) is 2.98. The van der Waals surface area contributed by atoms with Crippen LogP contribution in [0.25, 0.3) is 0 Å². The molecule has 3 N–H and O–H groups in total. The normalized spacial score (nSPS) is 29.8. The number of nitrogens with one attached hydrogen (secondary N) is 1. The van der Waals surface area contributed by atoms with Crippen molar-refractivity contribution in [1.29, 1.82) is 0 Å². The average molecular weight is 401 g/mol. The zero-order valence-corrected chi connectivity index (χ0v) is 16.0. The largest absolute Gasteiger partial charge is 0.394 e. The molecule has 1 aromatic carbocycles. The number of piperidine rings is 1. The first-order valence-electron chi connectivity index (χ1n) is 9.32. The molecule has 27 heavy (non-hydrogen) atoms. The summed E-state index contributed by atoms with van der Waals surface area (Å²) in [6.45, 7) is 3.81. The van der Waals surface area contributed by atoms with Gasteiger partial charge in [-0.05, 0) is 50.0 Å². The van der Waals surface area contributed by atoms with Crippen molar-refractivity contribution in [1.82, 2.24) is 10.2 Å². The van der Waals surface area contributed by atoms with Crippen molar-refractivity contribution >= 4 is 17.5 Å². The number of likely N-dealkylation sites (tertiary alicyclic amines) is 1. The molecule has 3 rings (SSSR count). The quantitative estimate of drug-likeness (QED) is 0.696. The highest BCUT2D eigenvalue weighted by atomic mass is 35.5. The second kappa shape index (κ2) is 8.84. The van der Waals surface area contributed by atoms with Gasteiger partial charge in [0, 0.05) is 12.1 Å². The number of halogens is 2.